The minimum atomic E-state index is 0.197. The van der Waals surface area contributed by atoms with E-state index in [1.54, 1.807) is 6.08 Å². The Labute approximate surface area is 148 Å². The third kappa shape index (κ3) is 7.62. The Morgan fingerprint density at radius 2 is 1.91 bits per heavy atom. The Morgan fingerprint density at radius 1 is 1.17 bits per heavy atom. The highest BCUT2D eigenvalue weighted by atomic mass is 35.5. The Hall–Kier alpha value is -1.39. The summed E-state index contributed by atoms with van der Waals surface area (Å²) < 4.78 is 11.7. The number of nitrogens with zero attached hydrogens (tertiary/aromatic N) is 1. The number of ether oxygens (including phenoxy) is 2. The average Bonchev–Trinajstić information content (AvgIpc) is 2.47. The van der Waals surface area contributed by atoms with Crippen LogP contribution in [-0.2, 0) is 11.3 Å². The third-order valence-corrected chi connectivity index (χ3v) is 3.17. The van der Waals surface area contributed by atoms with E-state index in [0.717, 1.165) is 34.8 Å². The summed E-state index contributed by atoms with van der Waals surface area (Å²) in [6, 6.07) is 3.90. The van der Waals surface area contributed by atoms with E-state index in [-0.39, 0.29) is 4.49 Å². The van der Waals surface area contributed by atoms with E-state index < -0.39 is 0 Å². The van der Waals surface area contributed by atoms with Gasteiger partial charge in [0.05, 0.1) is 5.71 Å². The molecule has 0 aliphatic carbocycles. The largest absolute Gasteiger partial charge is 0.489 e. The SMILES string of the molecule is CCc1cc(OCC=C(Cl)Cl)cc(C)c1OCCON=C(C)C. The molecule has 0 heterocycles. The maximum absolute atomic E-state index is 5.83. The zero-order chi connectivity index (χ0) is 17.2. The Kier molecular flexibility index (Phi) is 8.89. The van der Waals surface area contributed by atoms with Gasteiger partial charge in [-0.25, -0.2) is 0 Å². The van der Waals surface area contributed by atoms with E-state index in [1.807, 2.05) is 32.9 Å². The molecule has 1 aromatic carbocycles. The van der Waals surface area contributed by atoms with Crippen molar-refractivity contribution >= 4 is 28.9 Å². The van der Waals surface area contributed by atoms with E-state index in [9.17, 15) is 0 Å². The monoisotopic (exact) mass is 359 g/mol. The maximum Gasteiger partial charge on any atom is 0.151 e. The quantitative estimate of drug-likeness (QED) is 0.352. The summed E-state index contributed by atoms with van der Waals surface area (Å²) in [5, 5.41) is 3.87. The number of hydrogen-bond donors (Lipinski definition) is 0. The van der Waals surface area contributed by atoms with Crippen LogP contribution in [0.1, 0.15) is 31.9 Å². The van der Waals surface area contributed by atoms with Crippen molar-refractivity contribution in [1.29, 1.82) is 0 Å². The first-order valence-electron chi connectivity index (χ1n) is 7.47. The molecule has 0 aromatic heterocycles. The van der Waals surface area contributed by atoms with Gasteiger partial charge >= 0.3 is 0 Å². The summed E-state index contributed by atoms with van der Waals surface area (Å²) in [4.78, 5) is 5.14. The van der Waals surface area contributed by atoms with Gasteiger partial charge in [-0.15, -0.1) is 0 Å². The number of benzene rings is 1. The number of hydrogen-bond acceptors (Lipinski definition) is 4. The van der Waals surface area contributed by atoms with Crippen molar-refractivity contribution in [2.75, 3.05) is 19.8 Å². The van der Waals surface area contributed by atoms with Crippen LogP contribution < -0.4 is 9.47 Å². The van der Waals surface area contributed by atoms with Crippen LogP contribution in [0.25, 0.3) is 0 Å². The van der Waals surface area contributed by atoms with Gasteiger partial charge in [0, 0.05) is 0 Å². The molecule has 0 saturated heterocycles. The highest BCUT2D eigenvalue weighted by Crippen LogP contribution is 2.29. The minimum Gasteiger partial charge on any atom is -0.489 e. The number of halogens is 2. The standard InChI is InChI=1S/C17H23Cl2NO3/c1-5-14-11-15(21-7-6-16(18)19)10-13(4)17(14)22-8-9-23-20-12(2)3/h6,10-11H,5,7-9H2,1-4H3. The number of rotatable bonds is 9. The Morgan fingerprint density at radius 3 is 2.52 bits per heavy atom. The van der Waals surface area contributed by atoms with E-state index in [0.29, 0.717) is 19.8 Å². The lowest BCUT2D eigenvalue weighted by Gasteiger charge is -2.15. The van der Waals surface area contributed by atoms with Gasteiger partial charge < -0.3 is 14.3 Å². The zero-order valence-corrected chi connectivity index (χ0v) is 15.5. The minimum absolute atomic E-state index is 0.197. The van der Waals surface area contributed by atoms with Gasteiger partial charge in [-0.1, -0.05) is 35.3 Å². The zero-order valence-electron chi connectivity index (χ0n) is 14.0. The Bertz CT molecular complexity index is 563. The first-order valence-corrected chi connectivity index (χ1v) is 8.23. The predicted octanol–water partition coefficient (Wildman–Crippen LogP) is 5.05. The van der Waals surface area contributed by atoms with E-state index in [1.165, 1.54) is 0 Å². The molecule has 0 spiro atoms. The Balaban J connectivity index is 2.69. The molecule has 0 bridgehead atoms. The molecule has 0 aliphatic heterocycles. The normalized spacial score (nSPS) is 10.0. The van der Waals surface area contributed by atoms with Crippen LogP contribution in [0.4, 0.5) is 0 Å². The molecule has 0 fully saturated rings. The summed E-state index contributed by atoms with van der Waals surface area (Å²) >= 11 is 11.1. The fraction of sp³-hybridized carbons (Fsp3) is 0.471. The van der Waals surface area contributed by atoms with Gasteiger partial charge in [0.2, 0.25) is 0 Å². The van der Waals surface area contributed by atoms with Gasteiger partial charge in [0.15, 0.2) is 6.61 Å². The van der Waals surface area contributed by atoms with Gasteiger partial charge in [0.25, 0.3) is 0 Å². The molecule has 4 nitrogen and oxygen atoms in total. The van der Waals surface area contributed by atoms with E-state index in [2.05, 4.69) is 12.1 Å². The van der Waals surface area contributed by atoms with Crippen molar-refractivity contribution in [2.45, 2.75) is 34.1 Å². The summed E-state index contributed by atoms with van der Waals surface area (Å²) in [5.74, 6) is 1.63. The maximum atomic E-state index is 5.83. The van der Waals surface area contributed by atoms with E-state index in [4.69, 9.17) is 37.5 Å². The molecule has 0 atom stereocenters. The third-order valence-electron chi connectivity index (χ3n) is 2.86. The second-order valence-corrected chi connectivity index (χ2v) is 6.11. The second kappa shape index (κ2) is 10.4. The molecular formula is C17H23Cl2NO3. The summed E-state index contributed by atoms with van der Waals surface area (Å²) in [6.45, 7) is 8.99. The molecule has 23 heavy (non-hydrogen) atoms. The van der Waals surface area contributed by atoms with Crippen molar-refractivity contribution in [2.24, 2.45) is 5.16 Å². The smallest absolute Gasteiger partial charge is 0.151 e. The lowest BCUT2D eigenvalue weighted by Crippen LogP contribution is -2.08. The molecule has 128 valence electrons. The van der Waals surface area contributed by atoms with Crippen LogP contribution >= 0.6 is 23.2 Å². The molecule has 0 aliphatic rings. The van der Waals surface area contributed by atoms with Gasteiger partial charge in [-0.2, -0.15) is 0 Å². The lowest BCUT2D eigenvalue weighted by atomic mass is 10.1. The summed E-state index contributed by atoms with van der Waals surface area (Å²) in [5.41, 5.74) is 2.97. The molecular weight excluding hydrogens is 337 g/mol. The molecule has 0 amide bonds. The van der Waals surface area contributed by atoms with Crippen molar-refractivity contribution in [1.82, 2.24) is 0 Å². The molecule has 0 radical (unpaired) electrons. The van der Waals surface area contributed by atoms with Crippen molar-refractivity contribution in [3.63, 3.8) is 0 Å². The van der Waals surface area contributed by atoms with Crippen molar-refractivity contribution in [3.05, 3.63) is 33.8 Å². The van der Waals surface area contributed by atoms with Gasteiger partial charge in [-0.05, 0) is 56.5 Å². The number of oxime groups is 1. The fourth-order valence-corrected chi connectivity index (χ4v) is 2.05. The van der Waals surface area contributed by atoms with Crippen LogP contribution in [0.3, 0.4) is 0 Å². The first kappa shape index (κ1) is 19.7. The van der Waals surface area contributed by atoms with Crippen LogP contribution in [0.2, 0.25) is 0 Å². The molecule has 1 rings (SSSR count). The highest BCUT2D eigenvalue weighted by Gasteiger charge is 2.09. The van der Waals surface area contributed by atoms with Crippen molar-refractivity contribution in [3.8, 4) is 11.5 Å². The van der Waals surface area contributed by atoms with Crippen molar-refractivity contribution < 1.29 is 14.3 Å². The van der Waals surface area contributed by atoms with Crippen LogP contribution in [-0.4, -0.2) is 25.5 Å². The fourth-order valence-electron chi connectivity index (χ4n) is 1.92. The molecule has 0 unspecified atom stereocenters. The van der Waals surface area contributed by atoms with Gasteiger partial charge in [-0.3, -0.25) is 0 Å². The van der Waals surface area contributed by atoms with E-state index >= 15 is 0 Å². The molecule has 6 heteroatoms. The summed E-state index contributed by atoms with van der Waals surface area (Å²) in [6.07, 6.45) is 2.44. The molecule has 0 saturated carbocycles. The van der Waals surface area contributed by atoms with Crippen LogP contribution in [0.15, 0.2) is 27.9 Å². The molecule has 1 aromatic rings. The van der Waals surface area contributed by atoms with Crippen LogP contribution in [0.5, 0.6) is 11.5 Å². The number of aryl methyl sites for hydroxylation is 2. The lowest BCUT2D eigenvalue weighted by molar-refractivity contribution is 0.106. The average molecular weight is 360 g/mol. The highest BCUT2D eigenvalue weighted by molar-refractivity contribution is 6.55. The topological polar surface area (TPSA) is 40.0 Å². The first-order chi connectivity index (χ1) is 10.9. The van der Waals surface area contributed by atoms with Crippen LogP contribution in [0, 0.1) is 6.92 Å². The molecule has 0 N–H and O–H groups in total. The second-order valence-electron chi connectivity index (χ2n) is 5.11. The van der Waals surface area contributed by atoms with Gasteiger partial charge in [0.1, 0.15) is 29.2 Å². The summed E-state index contributed by atoms with van der Waals surface area (Å²) in [7, 11) is 0. The predicted molar refractivity (Wildman–Crippen MR) is 96.1 cm³/mol.